The molecule has 3 nitrogen and oxygen atoms in total. The minimum absolute atomic E-state index is 0.0317. The van der Waals surface area contributed by atoms with E-state index in [0.717, 1.165) is 24.5 Å². The second-order valence-corrected chi connectivity index (χ2v) is 5.74. The number of hydrogen-bond acceptors (Lipinski definition) is 3. The molecule has 1 heterocycles. The monoisotopic (exact) mass is 284 g/mol. The van der Waals surface area contributed by atoms with Gasteiger partial charge in [0.1, 0.15) is 0 Å². The highest BCUT2D eigenvalue weighted by atomic mass is 35.5. The molecule has 1 fully saturated rings. The Labute approximate surface area is 117 Å². The van der Waals surface area contributed by atoms with Crippen LogP contribution in [-0.2, 0) is 0 Å². The molecule has 0 bridgehead atoms. The molecule has 1 aliphatic rings. The maximum absolute atomic E-state index is 12.4. The van der Waals surface area contributed by atoms with Gasteiger partial charge < -0.3 is 10.2 Å². The first-order chi connectivity index (χ1) is 8.61. The Morgan fingerprint density at radius 1 is 1.56 bits per heavy atom. The van der Waals surface area contributed by atoms with E-state index in [-0.39, 0.29) is 5.91 Å². The average Bonchev–Trinajstić information content (AvgIpc) is 2.38. The SMILES string of the molecule is CSc1ccc(Cl)c(C(=O)N2CCN[C@@H](C)C2)c1. The van der Waals surface area contributed by atoms with Crippen molar-refractivity contribution in [1.29, 1.82) is 0 Å². The molecule has 1 amide bonds. The number of benzene rings is 1. The smallest absolute Gasteiger partial charge is 0.255 e. The first kappa shape index (κ1) is 13.7. The molecule has 18 heavy (non-hydrogen) atoms. The fraction of sp³-hybridized carbons (Fsp3) is 0.462. The Morgan fingerprint density at radius 3 is 3.00 bits per heavy atom. The highest BCUT2D eigenvalue weighted by molar-refractivity contribution is 7.98. The Bertz CT molecular complexity index is 453. The molecule has 0 spiro atoms. The summed E-state index contributed by atoms with van der Waals surface area (Å²) in [4.78, 5) is 15.4. The van der Waals surface area contributed by atoms with Gasteiger partial charge in [-0.2, -0.15) is 0 Å². The number of halogens is 1. The Balaban J connectivity index is 2.22. The Morgan fingerprint density at radius 2 is 2.33 bits per heavy atom. The highest BCUT2D eigenvalue weighted by Gasteiger charge is 2.23. The lowest BCUT2D eigenvalue weighted by atomic mass is 10.1. The topological polar surface area (TPSA) is 32.3 Å². The van der Waals surface area contributed by atoms with Crippen molar-refractivity contribution in [3.63, 3.8) is 0 Å². The molecule has 2 rings (SSSR count). The molecule has 0 aliphatic carbocycles. The first-order valence-electron chi connectivity index (χ1n) is 5.98. The molecule has 0 radical (unpaired) electrons. The molecule has 0 saturated carbocycles. The lowest BCUT2D eigenvalue weighted by Crippen LogP contribution is -2.51. The summed E-state index contributed by atoms with van der Waals surface area (Å²) in [7, 11) is 0. The zero-order valence-corrected chi connectivity index (χ0v) is 12.1. The fourth-order valence-corrected chi connectivity index (χ4v) is 2.72. The molecule has 1 aliphatic heterocycles. The molecular weight excluding hydrogens is 268 g/mol. The van der Waals surface area contributed by atoms with Crippen molar-refractivity contribution in [2.24, 2.45) is 0 Å². The molecule has 0 aromatic heterocycles. The van der Waals surface area contributed by atoms with Crippen LogP contribution in [-0.4, -0.2) is 42.7 Å². The van der Waals surface area contributed by atoms with Gasteiger partial charge >= 0.3 is 0 Å². The minimum Gasteiger partial charge on any atom is -0.336 e. The average molecular weight is 285 g/mol. The number of hydrogen-bond donors (Lipinski definition) is 1. The third-order valence-corrected chi connectivity index (χ3v) is 4.11. The molecule has 0 unspecified atom stereocenters. The Kier molecular flexibility index (Phi) is 4.54. The summed E-state index contributed by atoms with van der Waals surface area (Å²) in [5, 5.41) is 3.86. The standard InChI is InChI=1S/C13H17ClN2OS/c1-9-8-16(6-5-15-9)13(17)11-7-10(18-2)3-4-12(11)14/h3-4,7,9,15H,5-6,8H2,1-2H3/t9-/m0/s1. The van der Waals surface area contributed by atoms with E-state index in [1.54, 1.807) is 17.8 Å². The number of thioether (sulfide) groups is 1. The van der Waals surface area contributed by atoms with Gasteiger partial charge in [0.05, 0.1) is 10.6 Å². The third kappa shape index (κ3) is 2.99. The summed E-state index contributed by atoms with van der Waals surface area (Å²) in [6.45, 7) is 4.40. The van der Waals surface area contributed by atoms with Crippen molar-refractivity contribution < 1.29 is 4.79 Å². The summed E-state index contributed by atoms with van der Waals surface area (Å²) >= 11 is 7.75. The van der Waals surface area contributed by atoms with Crippen LogP contribution >= 0.6 is 23.4 Å². The van der Waals surface area contributed by atoms with Crippen LogP contribution in [0.5, 0.6) is 0 Å². The summed E-state index contributed by atoms with van der Waals surface area (Å²) in [5.41, 5.74) is 0.609. The number of piperazine rings is 1. The zero-order valence-electron chi connectivity index (χ0n) is 10.6. The van der Waals surface area contributed by atoms with Gasteiger partial charge in [-0.25, -0.2) is 0 Å². The number of carbonyl (C=O) groups excluding carboxylic acids is 1. The van der Waals surface area contributed by atoms with E-state index in [2.05, 4.69) is 12.2 Å². The zero-order chi connectivity index (χ0) is 13.1. The van der Waals surface area contributed by atoms with Crippen molar-refractivity contribution in [3.05, 3.63) is 28.8 Å². The molecule has 1 aromatic rings. The van der Waals surface area contributed by atoms with Crippen molar-refractivity contribution in [3.8, 4) is 0 Å². The Hall–Kier alpha value is -0.710. The minimum atomic E-state index is 0.0317. The van der Waals surface area contributed by atoms with Crippen LogP contribution in [0, 0.1) is 0 Å². The molecule has 1 saturated heterocycles. The van der Waals surface area contributed by atoms with Crippen molar-refractivity contribution in [2.75, 3.05) is 25.9 Å². The van der Waals surface area contributed by atoms with E-state index in [1.807, 2.05) is 23.3 Å². The third-order valence-electron chi connectivity index (χ3n) is 3.06. The highest BCUT2D eigenvalue weighted by Crippen LogP contribution is 2.24. The van der Waals surface area contributed by atoms with Crippen LogP contribution in [0.3, 0.4) is 0 Å². The van der Waals surface area contributed by atoms with E-state index < -0.39 is 0 Å². The quantitative estimate of drug-likeness (QED) is 0.847. The van der Waals surface area contributed by atoms with Gasteiger partial charge in [0.15, 0.2) is 0 Å². The second kappa shape index (κ2) is 5.95. The lowest BCUT2D eigenvalue weighted by molar-refractivity contribution is 0.0709. The van der Waals surface area contributed by atoms with E-state index in [4.69, 9.17) is 11.6 Å². The van der Waals surface area contributed by atoms with Crippen LogP contribution in [0.25, 0.3) is 0 Å². The number of carbonyl (C=O) groups is 1. The van der Waals surface area contributed by atoms with Gasteiger partial charge in [0.25, 0.3) is 5.91 Å². The number of rotatable bonds is 2. The molecule has 1 aromatic carbocycles. The number of amides is 1. The van der Waals surface area contributed by atoms with Crippen molar-refractivity contribution in [1.82, 2.24) is 10.2 Å². The maximum atomic E-state index is 12.4. The predicted octanol–water partition coefficient (Wildman–Crippen LogP) is 2.50. The van der Waals surface area contributed by atoms with E-state index >= 15 is 0 Å². The van der Waals surface area contributed by atoms with Gasteiger partial charge in [-0.15, -0.1) is 11.8 Å². The van der Waals surface area contributed by atoms with Gasteiger partial charge in [-0.05, 0) is 31.4 Å². The molecule has 98 valence electrons. The fourth-order valence-electron chi connectivity index (χ4n) is 2.08. The molecule has 1 N–H and O–H groups in total. The van der Waals surface area contributed by atoms with Crippen LogP contribution in [0.2, 0.25) is 5.02 Å². The normalized spacial score (nSPS) is 19.9. The predicted molar refractivity (Wildman–Crippen MR) is 76.6 cm³/mol. The van der Waals surface area contributed by atoms with Gasteiger partial charge in [-0.3, -0.25) is 4.79 Å². The molecule has 5 heteroatoms. The second-order valence-electron chi connectivity index (χ2n) is 4.45. The van der Waals surface area contributed by atoms with E-state index in [0.29, 0.717) is 16.6 Å². The number of nitrogens with zero attached hydrogens (tertiary/aromatic N) is 1. The number of nitrogens with one attached hydrogen (secondary N) is 1. The summed E-state index contributed by atoms with van der Waals surface area (Å²) < 4.78 is 0. The maximum Gasteiger partial charge on any atom is 0.255 e. The largest absolute Gasteiger partial charge is 0.336 e. The summed E-state index contributed by atoms with van der Waals surface area (Å²) in [6, 6.07) is 5.95. The van der Waals surface area contributed by atoms with Crippen LogP contribution in [0.1, 0.15) is 17.3 Å². The van der Waals surface area contributed by atoms with Crippen molar-refractivity contribution in [2.45, 2.75) is 17.9 Å². The van der Waals surface area contributed by atoms with E-state index in [9.17, 15) is 4.79 Å². The van der Waals surface area contributed by atoms with Gasteiger partial charge in [-0.1, -0.05) is 11.6 Å². The summed E-state index contributed by atoms with van der Waals surface area (Å²) in [6.07, 6.45) is 1.99. The van der Waals surface area contributed by atoms with Crippen LogP contribution in [0.15, 0.2) is 23.1 Å². The van der Waals surface area contributed by atoms with Crippen LogP contribution < -0.4 is 5.32 Å². The van der Waals surface area contributed by atoms with E-state index in [1.165, 1.54) is 0 Å². The molecular formula is C13H17ClN2OS. The lowest BCUT2D eigenvalue weighted by Gasteiger charge is -2.32. The van der Waals surface area contributed by atoms with Gasteiger partial charge in [0.2, 0.25) is 0 Å². The van der Waals surface area contributed by atoms with Crippen LogP contribution in [0.4, 0.5) is 0 Å². The first-order valence-corrected chi connectivity index (χ1v) is 7.58. The summed E-state index contributed by atoms with van der Waals surface area (Å²) in [5.74, 6) is 0.0317. The van der Waals surface area contributed by atoms with Gasteiger partial charge in [0, 0.05) is 30.6 Å². The molecule has 1 atom stereocenters. The van der Waals surface area contributed by atoms with Crippen molar-refractivity contribution >= 4 is 29.3 Å².